The molecule has 2 aromatic carbocycles. The van der Waals surface area contributed by atoms with Gasteiger partial charge in [0, 0.05) is 28.6 Å². The predicted molar refractivity (Wildman–Crippen MR) is 202 cm³/mol. The molecule has 1 aliphatic rings. The molecule has 4 aromatic heterocycles. The Morgan fingerprint density at radius 1 is 0.917 bits per heavy atom. The Morgan fingerprint density at radius 3 is 2.10 bits per heavy atom. The van der Waals surface area contributed by atoms with Crippen LogP contribution in [0.1, 0.15) is 118 Å². The number of nitrogens with zero attached hydrogens (tertiary/aromatic N) is 5. The van der Waals surface area contributed by atoms with Crippen molar-refractivity contribution in [1.82, 2.24) is 24.1 Å². The molecule has 6 nitrogen and oxygen atoms in total. The summed E-state index contributed by atoms with van der Waals surface area (Å²) in [7, 11) is 1.88. The average Bonchev–Trinajstić information content (AvgIpc) is 3.66. The van der Waals surface area contributed by atoms with E-state index in [-0.39, 0.29) is 67.1 Å². The van der Waals surface area contributed by atoms with Crippen LogP contribution in [-0.2, 0) is 23.3 Å². The van der Waals surface area contributed by atoms with E-state index in [1.54, 1.807) is 11.0 Å². The Bertz CT molecular complexity index is 2060. The van der Waals surface area contributed by atoms with Gasteiger partial charge in [0.2, 0.25) is 12.2 Å². The van der Waals surface area contributed by atoms with Crippen LogP contribution in [0, 0.1) is 11.5 Å². The summed E-state index contributed by atoms with van der Waals surface area (Å²) in [5, 5.41) is 6.69. The molecule has 0 fully saturated rings. The van der Waals surface area contributed by atoms with Crippen LogP contribution in [-0.4, -0.2) is 69.6 Å². The van der Waals surface area contributed by atoms with Crippen molar-refractivity contribution in [3.05, 3.63) is 89.6 Å². The minimum Gasteiger partial charge on any atom is -0.299 e. The first-order valence-electron chi connectivity index (χ1n) is 17.1. The Balaban J connectivity index is 0.000000291. The van der Waals surface area contributed by atoms with E-state index in [4.69, 9.17) is 9.97 Å². The molecule has 0 unspecified atom stereocenters. The number of fused-ring (bicyclic) bond motifs is 6. The fraction of sp³-hybridized carbons (Fsp3) is 0.463. The molecule has 48 heavy (non-hydrogen) atoms. The first-order valence-corrected chi connectivity index (χ1v) is 17.1. The molecule has 1 aliphatic carbocycles. The van der Waals surface area contributed by atoms with E-state index in [9.17, 15) is 0 Å². The van der Waals surface area contributed by atoms with Gasteiger partial charge in [0.1, 0.15) is 5.65 Å². The molecule has 0 saturated carbocycles. The number of benzene rings is 2. The van der Waals surface area contributed by atoms with Crippen LogP contribution in [0.5, 0.6) is 0 Å². The number of nitrogens with one attached hydrogen (secondary N) is 1. The van der Waals surface area contributed by atoms with Gasteiger partial charge >= 0.3 is 45.5 Å². The van der Waals surface area contributed by atoms with Gasteiger partial charge < -0.3 is 0 Å². The van der Waals surface area contributed by atoms with Gasteiger partial charge in [-0.05, 0) is 62.2 Å². The summed E-state index contributed by atoms with van der Waals surface area (Å²) >= 11 is 0. The van der Waals surface area contributed by atoms with Crippen LogP contribution in [0.15, 0.2) is 61.2 Å². The Hall–Kier alpha value is -2.58. The van der Waals surface area contributed by atoms with Crippen molar-refractivity contribution in [2.24, 2.45) is 12.5 Å². The third-order valence-electron chi connectivity index (χ3n) is 11.0. The van der Waals surface area contributed by atoms with Crippen molar-refractivity contribution in [3.63, 3.8) is 0 Å². The van der Waals surface area contributed by atoms with Gasteiger partial charge in [0.15, 0.2) is 0 Å². The molecular formula is C41H54N6Sr+2. The van der Waals surface area contributed by atoms with Crippen molar-refractivity contribution >= 4 is 72.9 Å². The van der Waals surface area contributed by atoms with Gasteiger partial charge in [-0.25, -0.2) is 4.98 Å². The fourth-order valence-corrected chi connectivity index (χ4v) is 7.14. The smallest absolute Gasteiger partial charge is 0.299 e. The molecule has 7 heteroatoms. The summed E-state index contributed by atoms with van der Waals surface area (Å²) in [6, 6.07) is 17.9. The van der Waals surface area contributed by atoms with E-state index < -0.39 is 0 Å². The molecule has 248 valence electrons. The SMILES string of the molecule is CC.CC(C)c1cnc(C(C)(C)C)c2ccn3c4cc5c(cc4nc3c12)C(C)(C)C(C)(C)C5(C)C.Cn1c[nH+]c(-c2[c-]cccc2)n1.[Sr+2]. The maximum absolute atomic E-state index is 5.28. The van der Waals surface area contributed by atoms with E-state index in [0.29, 0.717) is 5.92 Å². The van der Waals surface area contributed by atoms with Gasteiger partial charge in [0.25, 0.3) is 0 Å². The Morgan fingerprint density at radius 2 is 1.56 bits per heavy atom. The zero-order valence-electron chi connectivity index (χ0n) is 31.8. The molecule has 0 amide bonds. The molecule has 0 saturated heterocycles. The van der Waals surface area contributed by atoms with E-state index in [0.717, 1.165) is 28.2 Å². The predicted octanol–water partition coefficient (Wildman–Crippen LogP) is 9.40. The number of hydrogen-bond acceptors (Lipinski definition) is 3. The maximum Gasteiger partial charge on any atom is 2.00 e. The zero-order chi connectivity index (χ0) is 34.7. The number of rotatable bonds is 2. The number of pyridine rings is 2. The molecular weight excluding hydrogens is 664 g/mol. The number of hydrogen-bond donors (Lipinski definition) is 0. The van der Waals surface area contributed by atoms with Gasteiger partial charge in [-0.2, -0.15) is 0 Å². The van der Waals surface area contributed by atoms with Gasteiger partial charge in [-0.15, -0.1) is 35.0 Å². The molecule has 4 heterocycles. The summed E-state index contributed by atoms with van der Waals surface area (Å²) < 4.78 is 4.04. The average molecular weight is 719 g/mol. The van der Waals surface area contributed by atoms with E-state index in [1.165, 1.54) is 33.0 Å². The van der Waals surface area contributed by atoms with E-state index >= 15 is 0 Å². The first-order chi connectivity index (χ1) is 22.0. The monoisotopic (exact) mass is 718 g/mol. The van der Waals surface area contributed by atoms with E-state index in [1.807, 2.05) is 45.2 Å². The van der Waals surface area contributed by atoms with Crippen LogP contribution in [0.2, 0.25) is 0 Å². The summed E-state index contributed by atoms with van der Waals surface area (Å²) in [6.07, 6.45) is 6.09. The van der Waals surface area contributed by atoms with Gasteiger partial charge in [-0.3, -0.25) is 14.4 Å². The quantitative estimate of drug-likeness (QED) is 0.133. The summed E-state index contributed by atoms with van der Waals surface area (Å²) in [4.78, 5) is 13.3. The largest absolute Gasteiger partial charge is 2.00 e. The standard InChI is InChI=1S/C30H39N3.C9H8N3.C2H6.Sr/c1-17(2)19-16-31-25(27(3,4)5)18-12-13-33-23-15-21-20(14-22(23)32-26(33)24(18)19)28(6,7)30(10,11)29(21,8)9;1-12-7-10-9(11-12)8-5-3-2-4-6-8;1-2;/h12-17H,1-11H3;2-5,7H,1H3;1-2H3;/q;-1;;+2/p+1. The maximum atomic E-state index is 5.28. The molecule has 0 bridgehead atoms. The summed E-state index contributed by atoms with van der Waals surface area (Å²) in [5.41, 5.74) is 9.91. The number of aryl methyl sites for hydroxylation is 1. The van der Waals surface area contributed by atoms with Crippen molar-refractivity contribution in [3.8, 4) is 11.4 Å². The van der Waals surface area contributed by atoms with Crippen LogP contribution >= 0.6 is 0 Å². The van der Waals surface area contributed by atoms with Crippen molar-refractivity contribution in [2.75, 3.05) is 0 Å². The number of aromatic amines is 1. The number of imidazole rings is 1. The molecule has 0 radical (unpaired) electrons. The van der Waals surface area contributed by atoms with Crippen molar-refractivity contribution < 1.29 is 4.98 Å². The van der Waals surface area contributed by atoms with Crippen LogP contribution in [0.3, 0.4) is 0 Å². The molecule has 1 N–H and O–H groups in total. The van der Waals surface area contributed by atoms with E-state index in [2.05, 4.69) is 127 Å². The van der Waals surface area contributed by atoms with Gasteiger partial charge in [-0.1, -0.05) is 95.6 Å². The normalized spacial score (nSPS) is 15.8. The third-order valence-corrected chi connectivity index (χ3v) is 11.0. The number of H-pyrrole nitrogens is 1. The minimum atomic E-state index is -0.0288. The van der Waals surface area contributed by atoms with Gasteiger partial charge in [0.05, 0.1) is 23.8 Å². The Labute approximate surface area is 325 Å². The molecule has 0 spiro atoms. The second-order valence-electron chi connectivity index (χ2n) is 15.7. The Kier molecular flexibility index (Phi) is 10.8. The van der Waals surface area contributed by atoms with Crippen LogP contribution < -0.4 is 4.98 Å². The summed E-state index contributed by atoms with van der Waals surface area (Å²) in [5.74, 6) is 1.22. The molecule has 0 atom stereocenters. The second kappa shape index (κ2) is 13.6. The summed E-state index contributed by atoms with van der Waals surface area (Å²) in [6.45, 7) is 29.7. The van der Waals surface area contributed by atoms with Crippen LogP contribution in [0.25, 0.3) is 38.8 Å². The topological polar surface area (TPSA) is 62.2 Å². The second-order valence-corrected chi connectivity index (χ2v) is 15.7. The first kappa shape index (κ1) is 38.2. The van der Waals surface area contributed by atoms with Crippen LogP contribution in [0.4, 0.5) is 0 Å². The van der Waals surface area contributed by atoms with Crippen molar-refractivity contribution in [1.29, 1.82) is 0 Å². The fourth-order valence-electron chi connectivity index (χ4n) is 7.14. The van der Waals surface area contributed by atoms with Crippen molar-refractivity contribution in [2.45, 2.75) is 112 Å². The zero-order valence-corrected chi connectivity index (χ0v) is 35.3. The number of aromatic nitrogens is 6. The molecule has 0 aliphatic heterocycles. The molecule has 7 rings (SSSR count). The molecule has 6 aromatic rings. The third kappa shape index (κ3) is 6.18. The minimum absolute atomic E-state index is 0.